The van der Waals surface area contributed by atoms with Crippen molar-refractivity contribution in [3.63, 3.8) is 0 Å². The molecule has 0 aliphatic heterocycles. The van der Waals surface area contributed by atoms with E-state index in [2.05, 4.69) is 23.9 Å². The Labute approximate surface area is 97.1 Å². The predicted octanol–water partition coefficient (Wildman–Crippen LogP) is 2.12. The second kappa shape index (κ2) is 4.83. The minimum absolute atomic E-state index is 0.102. The van der Waals surface area contributed by atoms with Gasteiger partial charge >= 0.3 is 0 Å². The molecule has 0 radical (unpaired) electrons. The highest BCUT2D eigenvalue weighted by Gasteiger charge is 2.27. The van der Waals surface area contributed by atoms with Crippen LogP contribution in [0.25, 0.3) is 0 Å². The molecule has 1 aromatic rings. The summed E-state index contributed by atoms with van der Waals surface area (Å²) in [5, 5.41) is 9.24. The first kappa shape index (κ1) is 11.4. The maximum absolute atomic E-state index is 9.24. The van der Waals surface area contributed by atoms with Crippen molar-refractivity contribution in [2.45, 2.75) is 45.3 Å². The Kier molecular flexibility index (Phi) is 3.44. The highest BCUT2D eigenvalue weighted by atomic mass is 16.3. The van der Waals surface area contributed by atoms with Crippen molar-refractivity contribution in [1.29, 1.82) is 0 Å². The number of aliphatic hydroxyl groups excluding tert-OH is 1. The summed E-state index contributed by atoms with van der Waals surface area (Å²) in [4.78, 5) is 6.88. The van der Waals surface area contributed by atoms with Crippen LogP contribution in [-0.2, 0) is 13.0 Å². The van der Waals surface area contributed by atoms with Crippen LogP contribution in [0.15, 0.2) is 12.1 Å². The van der Waals surface area contributed by atoms with Gasteiger partial charge in [-0.15, -0.1) is 0 Å². The first-order valence-corrected chi connectivity index (χ1v) is 6.08. The zero-order chi connectivity index (χ0) is 11.5. The van der Waals surface area contributed by atoms with E-state index in [9.17, 15) is 5.11 Å². The number of aromatic nitrogens is 1. The summed E-state index contributed by atoms with van der Waals surface area (Å²) in [6.45, 7) is 2.25. The molecule has 1 aromatic heterocycles. The van der Waals surface area contributed by atoms with Crippen LogP contribution in [0.3, 0.4) is 0 Å². The van der Waals surface area contributed by atoms with Gasteiger partial charge in [-0.25, -0.2) is 4.98 Å². The van der Waals surface area contributed by atoms with E-state index in [-0.39, 0.29) is 6.61 Å². The Morgan fingerprint density at radius 3 is 2.75 bits per heavy atom. The summed E-state index contributed by atoms with van der Waals surface area (Å²) < 4.78 is 0. The summed E-state index contributed by atoms with van der Waals surface area (Å²) in [5.41, 5.74) is 2.07. The standard InChI is InChI=1S/C13H20N2O/c1-3-4-11-7-10(9-16)8-13(14-11)15(2)12-5-6-12/h7-8,12,16H,3-6,9H2,1-2H3. The number of hydrogen-bond donors (Lipinski definition) is 1. The number of rotatable bonds is 5. The number of aryl methyl sites for hydroxylation is 1. The smallest absolute Gasteiger partial charge is 0.129 e. The summed E-state index contributed by atoms with van der Waals surface area (Å²) in [7, 11) is 2.09. The average molecular weight is 220 g/mol. The molecule has 2 rings (SSSR count). The van der Waals surface area contributed by atoms with Crippen molar-refractivity contribution in [3.8, 4) is 0 Å². The molecule has 0 atom stereocenters. The summed E-state index contributed by atoms with van der Waals surface area (Å²) in [5.74, 6) is 1.01. The van der Waals surface area contributed by atoms with Crippen molar-refractivity contribution in [3.05, 3.63) is 23.4 Å². The molecule has 0 aromatic carbocycles. The lowest BCUT2D eigenvalue weighted by Gasteiger charge is -2.19. The summed E-state index contributed by atoms with van der Waals surface area (Å²) >= 11 is 0. The third-order valence-corrected chi connectivity index (χ3v) is 3.07. The van der Waals surface area contributed by atoms with Gasteiger partial charge in [-0.1, -0.05) is 13.3 Å². The quantitative estimate of drug-likeness (QED) is 0.825. The fourth-order valence-electron chi connectivity index (χ4n) is 1.94. The second-order valence-electron chi connectivity index (χ2n) is 4.58. The van der Waals surface area contributed by atoms with E-state index in [1.54, 1.807) is 0 Å². The first-order chi connectivity index (χ1) is 7.74. The van der Waals surface area contributed by atoms with Gasteiger partial charge in [0.15, 0.2) is 0 Å². The third kappa shape index (κ3) is 2.53. The van der Waals surface area contributed by atoms with Crippen molar-refractivity contribution in [1.82, 2.24) is 4.98 Å². The van der Waals surface area contributed by atoms with Gasteiger partial charge in [-0.3, -0.25) is 0 Å². The second-order valence-corrected chi connectivity index (χ2v) is 4.58. The van der Waals surface area contributed by atoms with Gasteiger partial charge in [0.25, 0.3) is 0 Å². The van der Waals surface area contributed by atoms with Crippen LogP contribution in [0.5, 0.6) is 0 Å². The SMILES string of the molecule is CCCc1cc(CO)cc(N(C)C2CC2)n1. The zero-order valence-corrected chi connectivity index (χ0v) is 10.1. The molecule has 0 spiro atoms. The lowest BCUT2D eigenvalue weighted by Crippen LogP contribution is -2.21. The van der Waals surface area contributed by atoms with E-state index in [4.69, 9.17) is 0 Å². The minimum atomic E-state index is 0.102. The Hall–Kier alpha value is -1.09. The molecule has 0 saturated heterocycles. The van der Waals surface area contributed by atoms with E-state index in [0.717, 1.165) is 29.9 Å². The number of hydrogen-bond acceptors (Lipinski definition) is 3. The van der Waals surface area contributed by atoms with Gasteiger partial charge in [-0.2, -0.15) is 0 Å². The molecule has 1 aliphatic carbocycles. The Morgan fingerprint density at radius 2 is 2.19 bits per heavy atom. The molecule has 0 amide bonds. The van der Waals surface area contributed by atoms with E-state index >= 15 is 0 Å². The maximum atomic E-state index is 9.24. The average Bonchev–Trinajstić information content (AvgIpc) is 3.12. The van der Waals surface area contributed by atoms with Gasteiger partial charge in [0.05, 0.1) is 6.61 Å². The largest absolute Gasteiger partial charge is 0.392 e. The van der Waals surface area contributed by atoms with Crippen LogP contribution in [-0.4, -0.2) is 23.2 Å². The number of anilines is 1. The molecule has 3 nitrogen and oxygen atoms in total. The van der Waals surface area contributed by atoms with Crippen LogP contribution in [0.1, 0.15) is 37.4 Å². The molecule has 1 saturated carbocycles. The molecule has 0 bridgehead atoms. The molecular weight excluding hydrogens is 200 g/mol. The van der Waals surface area contributed by atoms with Crippen LogP contribution in [0, 0.1) is 0 Å². The molecule has 16 heavy (non-hydrogen) atoms. The first-order valence-electron chi connectivity index (χ1n) is 6.08. The molecule has 3 heteroatoms. The van der Waals surface area contributed by atoms with Gasteiger partial charge < -0.3 is 10.0 Å². The lowest BCUT2D eigenvalue weighted by atomic mass is 10.1. The van der Waals surface area contributed by atoms with Crippen molar-refractivity contribution in [2.24, 2.45) is 0 Å². The Morgan fingerprint density at radius 1 is 1.44 bits per heavy atom. The Bertz CT molecular complexity index is 361. The van der Waals surface area contributed by atoms with E-state index < -0.39 is 0 Å². The van der Waals surface area contributed by atoms with Crippen LogP contribution >= 0.6 is 0 Å². The molecule has 0 unspecified atom stereocenters. The van der Waals surface area contributed by atoms with Crippen molar-refractivity contribution < 1.29 is 5.11 Å². The van der Waals surface area contributed by atoms with E-state index in [1.807, 2.05) is 12.1 Å². The molecule has 1 heterocycles. The molecular formula is C13H20N2O. The molecule has 88 valence electrons. The molecule has 1 aliphatic rings. The van der Waals surface area contributed by atoms with Crippen molar-refractivity contribution >= 4 is 5.82 Å². The van der Waals surface area contributed by atoms with Crippen LogP contribution < -0.4 is 4.90 Å². The summed E-state index contributed by atoms with van der Waals surface area (Å²) in [6, 6.07) is 4.67. The minimum Gasteiger partial charge on any atom is -0.392 e. The van der Waals surface area contributed by atoms with Gasteiger partial charge in [0, 0.05) is 18.8 Å². The highest BCUT2D eigenvalue weighted by molar-refractivity contribution is 5.44. The predicted molar refractivity (Wildman–Crippen MR) is 65.6 cm³/mol. The molecule has 1 N–H and O–H groups in total. The third-order valence-electron chi connectivity index (χ3n) is 3.07. The summed E-state index contributed by atoms with van der Waals surface area (Å²) in [6.07, 6.45) is 4.61. The van der Waals surface area contributed by atoms with Gasteiger partial charge in [-0.05, 0) is 37.0 Å². The fourth-order valence-corrected chi connectivity index (χ4v) is 1.94. The zero-order valence-electron chi connectivity index (χ0n) is 10.1. The molecule has 1 fully saturated rings. The fraction of sp³-hybridized carbons (Fsp3) is 0.615. The van der Waals surface area contributed by atoms with Gasteiger partial charge in [0.1, 0.15) is 5.82 Å². The number of aliphatic hydroxyl groups is 1. The monoisotopic (exact) mass is 220 g/mol. The highest BCUT2D eigenvalue weighted by Crippen LogP contribution is 2.29. The van der Waals surface area contributed by atoms with Crippen molar-refractivity contribution in [2.75, 3.05) is 11.9 Å². The topological polar surface area (TPSA) is 36.4 Å². The van der Waals surface area contributed by atoms with Gasteiger partial charge in [0.2, 0.25) is 0 Å². The number of pyridine rings is 1. The van der Waals surface area contributed by atoms with Crippen LogP contribution in [0.4, 0.5) is 5.82 Å². The maximum Gasteiger partial charge on any atom is 0.129 e. The normalized spacial score (nSPS) is 15.2. The van der Waals surface area contributed by atoms with E-state index in [0.29, 0.717) is 6.04 Å². The Balaban J connectivity index is 2.24. The van der Waals surface area contributed by atoms with E-state index in [1.165, 1.54) is 12.8 Å². The number of nitrogens with zero attached hydrogens (tertiary/aromatic N) is 2. The lowest BCUT2D eigenvalue weighted by molar-refractivity contribution is 0.281. The van der Waals surface area contributed by atoms with Crippen LogP contribution in [0.2, 0.25) is 0 Å².